The number of amides is 1. The smallest absolute Gasteiger partial charge is 0.475 e. The van der Waals surface area contributed by atoms with Gasteiger partial charge in [0.2, 0.25) is 5.91 Å². The summed E-state index contributed by atoms with van der Waals surface area (Å²) in [7, 11) is 0. The minimum atomic E-state index is -5.08. The number of nitrogens with zero attached hydrogens (tertiary/aromatic N) is 3. The van der Waals surface area contributed by atoms with Crippen molar-refractivity contribution in [3.8, 4) is 0 Å². The van der Waals surface area contributed by atoms with Crippen LogP contribution in [-0.2, 0) is 20.7 Å². The second-order valence-electron chi connectivity index (χ2n) is 6.93. The van der Waals surface area contributed by atoms with E-state index >= 15 is 0 Å². The monoisotopic (exact) mass is 447 g/mol. The van der Waals surface area contributed by atoms with Gasteiger partial charge in [0.05, 0.1) is 19.6 Å². The van der Waals surface area contributed by atoms with Crippen LogP contribution in [0.2, 0.25) is 0 Å². The topological polar surface area (TPSA) is 129 Å². The molecule has 10 nitrogen and oxygen atoms in total. The Hall–Kier alpha value is -2.93. The lowest BCUT2D eigenvalue weighted by Gasteiger charge is -2.33. The molecule has 0 spiro atoms. The number of morpholine rings is 1. The molecule has 0 aromatic carbocycles. The predicted molar refractivity (Wildman–Crippen MR) is 103 cm³/mol. The molecule has 1 amide bonds. The van der Waals surface area contributed by atoms with Crippen LogP contribution in [0.1, 0.15) is 18.2 Å². The molecular formula is C18H24F3N5O5. The van der Waals surface area contributed by atoms with Gasteiger partial charge in [-0.05, 0) is 13.8 Å². The van der Waals surface area contributed by atoms with Crippen molar-refractivity contribution in [1.29, 1.82) is 0 Å². The van der Waals surface area contributed by atoms with Crippen molar-refractivity contribution < 1.29 is 32.6 Å². The fourth-order valence-electron chi connectivity index (χ4n) is 2.97. The van der Waals surface area contributed by atoms with E-state index in [1.807, 2.05) is 0 Å². The van der Waals surface area contributed by atoms with Crippen molar-refractivity contribution in [3.05, 3.63) is 33.9 Å². The summed E-state index contributed by atoms with van der Waals surface area (Å²) in [5.41, 5.74) is 1.35. The molecule has 3 N–H and O–H groups in total. The molecular weight excluding hydrogens is 423 g/mol. The molecule has 13 heteroatoms. The normalized spacial score (nSPS) is 17.1. The Morgan fingerprint density at radius 1 is 1.42 bits per heavy atom. The van der Waals surface area contributed by atoms with Crippen LogP contribution in [-0.4, -0.2) is 81.5 Å². The maximum absolute atomic E-state index is 12.4. The number of fused-ring (bicyclic) bond motifs is 1. The van der Waals surface area contributed by atoms with E-state index in [0.29, 0.717) is 29.5 Å². The van der Waals surface area contributed by atoms with E-state index in [-0.39, 0.29) is 17.9 Å². The van der Waals surface area contributed by atoms with Gasteiger partial charge < -0.3 is 15.2 Å². The molecule has 0 aliphatic carbocycles. The number of aromatic nitrogens is 3. The minimum Gasteiger partial charge on any atom is -0.475 e. The predicted octanol–water partition coefficient (Wildman–Crippen LogP) is 0.344. The van der Waals surface area contributed by atoms with Crippen LogP contribution < -0.4 is 10.9 Å². The third-order valence-corrected chi connectivity index (χ3v) is 4.65. The fraction of sp³-hybridized carbons (Fsp3) is 0.556. The number of aliphatic carboxylic acids is 1. The first kappa shape index (κ1) is 24.3. The summed E-state index contributed by atoms with van der Waals surface area (Å²) in [5.74, 6) is -2.92. The second kappa shape index (κ2) is 10.4. The largest absolute Gasteiger partial charge is 0.490 e. The Morgan fingerprint density at radius 3 is 2.71 bits per heavy atom. The van der Waals surface area contributed by atoms with E-state index in [1.165, 1.54) is 4.52 Å². The Labute approximate surface area is 175 Å². The van der Waals surface area contributed by atoms with Crippen molar-refractivity contribution in [2.45, 2.75) is 32.5 Å². The van der Waals surface area contributed by atoms with E-state index in [4.69, 9.17) is 14.6 Å². The standard InChI is InChI=1S/C16H23N5O3.C2HF3O2/c1-11-10-24-8-7-20(11)6-5-17-15(22)9-13-12(2)19-14-3-4-18-21(14)16(13)23;3-2(4,5)1(6)7/h3-4,11,18H,5-10H2,1-2H3,(H,17,22);(H,6,7). The number of carboxylic acid groups (broad SMARTS) is 1. The molecule has 2 aromatic rings. The Morgan fingerprint density at radius 2 is 2.10 bits per heavy atom. The number of ether oxygens (including phenoxy) is 1. The van der Waals surface area contributed by atoms with Crippen LogP contribution in [0.25, 0.3) is 5.65 Å². The summed E-state index contributed by atoms with van der Waals surface area (Å²) in [5, 5.41) is 12.8. The highest BCUT2D eigenvalue weighted by Gasteiger charge is 2.38. The number of aryl methyl sites for hydroxylation is 1. The first-order valence-electron chi connectivity index (χ1n) is 9.45. The van der Waals surface area contributed by atoms with Crippen LogP contribution in [0.4, 0.5) is 13.2 Å². The molecule has 1 atom stereocenters. The van der Waals surface area contributed by atoms with Crippen molar-refractivity contribution in [3.63, 3.8) is 0 Å². The first-order chi connectivity index (χ1) is 14.5. The number of halogens is 3. The molecule has 1 fully saturated rings. The van der Waals surface area contributed by atoms with E-state index in [0.717, 1.165) is 26.3 Å². The van der Waals surface area contributed by atoms with Crippen molar-refractivity contribution in [2.75, 3.05) is 32.8 Å². The average Bonchev–Trinajstić information content (AvgIpc) is 3.15. The first-order valence-corrected chi connectivity index (χ1v) is 9.45. The highest BCUT2D eigenvalue weighted by molar-refractivity contribution is 5.78. The van der Waals surface area contributed by atoms with Gasteiger partial charge in [0, 0.05) is 49.2 Å². The zero-order valence-corrected chi connectivity index (χ0v) is 17.0. The van der Waals surface area contributed by atoms with E-state index in [2.05, 4.69) is 27.2 Å². The number of alkyl halides is 3. The van der Waals surface area contributed by atoms with Crippen molar-refractivity contribution >= 4 is 17.5 Å². The summed E-state index contributed by atoms with van der Waals surface area (Å²) in [6.07, 6.45) is -3.39. The van der Waals surface area contributed by atoms with Crippen LogP contribution in [0.3, 0.4) is 0 Å². The van der Waals surface area contributed by atoms with E-state index < -0.39 is 12.1 Å². The van der Waals surface area contributed by atoms with Gasteiger partial charge in [-0.1, -0.05) is 0 Å². The summed E-state index contributed by atoms with van der Waals surface area (Å²) in [6.45, 7) is 7.55. The van der Waals surface area contributed by atoms with Gasteiger partial charge in [0.1, 0.15) is 0 Å². The molecule has 3 heterocycles. The second-order valence-corrected chi connectivity index (χ2v) is 6.93. The summed E-state index contributed by atoms with van der Waals surface area (Å²) >= 11 is 0. The molecule has 1 saturated heterocycles. The van der Waals surface area contributed by atoms with Crippen molar-refractivity contribution in [2.24, 2.45) is 0 Å². The molecule has 2 aromatic heterocycles. The lowest BCUT2D eigenvalue weighted by atomic mass is 10.1. The van der Waals surface area contributed by atoms with Gasteiger partial charge in [-0.15, -0.1) is 0 Å². The quantitative estimate of drug-likeness (QED) is 0.603. The Balaban J connectivity index is 0.000000423. The Kier molecular flexibility index (Phi) is 8.16. The number of H-pyrrole nitrogens is 1. The molecule has 1 aliphatic heterocycles. The zero-order chi connectivity index (χ0) is 23.2. The summed E-state index contributed by atoms with van der Waals surface area (Å²) in [4.78, 5) is 40.1. The van der Waals surface area contributed by atoms with Gasteiger partial charge in [0.15, 0.2) is 5.65 Å². The van der Waals surface area contributed by atoms with Gasteiger partial charge in [0.25, 0.3) is 5.56 Å². The average molecular weight is 447 g/mol. The molecule has 0 saturated carbocycles. The van der Waals surface area contributed by atoms with E-state index in [9.17, 15) is 22.8 Å². The van der Waals surface area contributed by atoms with Crippen LogP contribution >= 0.6 is 0 Å². The number of carbonyl (C=O) groups excluding carboxylic acids is 1. The van der Waals surface area contributed by atoms with Crippen LogP contribution in [0.15, 0.2) is 17.1 Å². The van der Waals surface area contributed by atoms with Crippen LogP contribution in [0, 0.1) is 6.92 Å². The lowest BCUT2D eigenvalue weighted by molar-refractivity contribution is -0.192. The number of carbonyl (C=O) groups is 2. The third-order valence-electron chi connectivity index (χ3n) is 4.65. The maximum Gasteiger partial charge on any atom is 0.490 e. The molecule has 1 unspecified atom stereocenters. The molecule has 31 heavy (non-hydrogen) atoms. The summed E-state index contributed by atoms with van der Waals surface area (Å²) in [6, 6.07) is 2.09. The third kappa shape index (κ3) is 6.79. The fourth-order valence-corrected chi connectivity index (χ4v) is 2.97. The highest BCUT2D eigenvalue weighted by atomic mass is 19.4. The van der Waals surface area contributed by atoms with Gasteiger partial charge in [-0.3, -0.25) is 19.6 Å². The molecule has 1 aliphatic rings. The molecule has 172 valence electrons. The maximum atomic E-state index is 12.4. The van der Waals surface area contributed by atoms with Crippen molar-refractivity contribution in [1.82, 2.24) is 24.8 Å². The number of hydrogen-bond donors (Lipinski definition) is 3. The van der Waals surface area contributed by atoms with Gasteiger partial charge >= 0.3 is 12.1 Å². The molecule has 0 bridgehead atoms. The van der Waals surface area contributed by atoms with Gasteiger partial charge in [-0.25, -0.2) is 14.3 Å². The molecule has 3 rings (SSSR count). The number of carboxylic acids is 1. The zero-order valence-electron chi connectivity index (χ0n) is 17.0. The van der Waals surface area contributed by atoms with Crippen LogP contribution in [0.5, 0.6) is 0 Å². The lowest BCUT2D eigenvalue weighted by Crippen LogP contribution is -2.47. The number of hydrogen-bond acceptors (Lipinski definition) is 6. The van der Waals surface area contributed by atoms with E-state index in [1.54, 1.807) is 19.2 Å². The minimum absolute atomic E-state index is 0.0400. The molecule has 0 radical (unpaired) electrons. The van der Waals surface area contributed by atoms with Gasteiger partial charge in [-0.2, -0.15) is 13.2 Å². The highest BCUT2D eigenvalue weighted by Crippen LogP contribution is 2.13. The Bertz CT molecular complexity index is 972. The number of rotatable bonds is 5. The number of nitrogens with one attached hydrogen (secondary N) is 2. The number of aromatic amines is 1. The summed E-state index contributed by atoms with van der Waals surface area (Å²) < 4.78 is 38.5. The SMILES string of the molecule is Cc1nc2cc[nH]n2c(=O)c1CC(=O)NCCN1CCOCC1C.O=C(O)C(F)(F)F.